The average molecular weight is 239 g/mol. The molecule has 0 spiro atoms. The quantitative estimate of drug-likeness (QED) is 0.628. The first kappa shape index (κ1) is 13.0. The van der Waals surface area contributed by atoms with Crippen molar-refractivity contribution in [2.24, 2.45) is 0 Å². The lowest BCUT2D eigenvalue weighted by Crippen LogP contribution is -2.26. The van der Waals surface area contributed by atoms with Crippen molar-refractivity contribution in [1.82, 2.24) is 0 Å². The smallest absolute Gasteiger partial charge is 0.344 e. The largest absolute Gasteiger partial charge is 0.479 e. The summed E-state index contributed by atoms with van der Waals surface area (Å²) < 4.78 is 5.27. The van der Waals surface area contributed by atoms with Crippen molar-refractivity contribution in [2.45, 2.75) is 26.4 Å². The van der Waals surface area contributed by atoms with Gasteiger partial charge in [0.05, 0.1) is 4.92 Å². The fourth-order valence-corrected chi connectivity index (χ4v) is 1.34. The van der Waals surface area contributed by atoms with Crippen molar-refractivity contribution < 1.29 is 19.6 Å². The number of nitro benzene ring substituents is 1. The zero-order valence-electron chi connectivity index (χ0n) is 9.54. The highest BCUT2D eigenvalue weighted by Crippen LogP contribution is 2.24. The number of ether oxygens (including phenoxy) is 1. The fourth-order valence-electron chi connectivity index (χ4n) is 1.34. The van der Waals surface area contributed by atoms with E-state index < -0.39 is 17.0 Å². The van der Waals surface area contributed by atoms with Crippen molar-refractivity contribution in [3.05, 3.63) is 33.9 Å². The lowest BCUT2D eigenvalue weighted by Gasteiger charge is -2.14. The highest BCUT2D eigenvalue weighted by molar-refractivity contribution is 5.72. The van der Waals surface area contributed by atoms with E-state index in [2.05, 4.69) is 0 Å². The summed E-state index contributed by atoms with van der Waals surface area (Å²) in [6, 6.07) is 4.06. The number of nitro groups is 1. The minimum atomic E-state index is -1.05. The summed E-state index contributed by atoms with van der Waals surface area (Å²) in [5, 5.41) is 19.4. The summed E-state index contributed by atoms with van der Waals surface area (Å²) in [6.45, 7) is 3.33. The normalized spacial score (nSPS) is 11.9. The molecule has 0 radical (unpaired) electrons. The maximum absolute atomic E-state index is 10.8. The van der Waals surface area contributed by atoms with Crippen LogP contribution in [0, 0.1) is 17.0 Å². The topological polar surface area (TPSA) is 89.7 Å². The molecule has 1 atom stereocenters. The predicted octanol–water partition coefficient (Wildman–Crippen LogP) is 2.15. The molecular weight excluding hydrogens is 226 g/mol. The van der Waals surface area contributed by atoms with Crippen molar-refractivity contribution in [3.63, 3.8) is 0 Å². The first-order chi connectivity index (χ1) is 7.95. The van der Waals surface area contributed by atoms with Crippen LogP contribution in [-0.4, -0.2) is 22.1 Å². The summed E-state index contributed by atoms with van der Waals surface area (Å²) in [4.78, 5) is 20.8. The molecule has 0 aliphatic rings. The van der Waals surface area contributed by atoms with Gasteiger partial charge in [-0.3, -0.25) is 10.1 Å². The van der Waals surface area contributed by atoms with Gasteiger partial charge < -0.3 is 9.84 Å². The van der Waals surface area contributed by atoms with Gasteiger partial charge in [-0.05, 0) is 25.0 Å². The molecule has 0 bridgehead atoms. The molecule has 0 saturated heterocycles. The number of carbonyl (C=O) groups is 1. The van der Waals surface area contributed by atoms with Crippen LogP contribution in [0.2, 0.25) is 0 Å². The number of hydrogen-bond donors (Lipinski definition) is 1. The third-order valence-corrected chi connectivity index (χ3v) is 2.28. The summed E-state index contributed by atoms with van der Waals surface area (Å²) >= 11 is 0. The standard InChI is InChI=1S/C11H13NO5/c1-3-9(11(13)14)17-10-5-4-8(12(15)16)6-7(10)2/h4-6,9H,3H2,1-2H3,(H,13,14). The second-order valence-corrected chi connectivity index (χ2v) is 3.56. The van der Waals surface area contributed by atoms with E-state index in [4.69, 9.17) is 9.84 Å². The highest BCUT2D eigenvalue weighted by atomic mass is 16.6. The summed E-state index contributed by atoms with van der Waals surface area (Å²) in [6.07, 6.45) is -0.610. The molecule has 1 unspecified atom stereocenters. The fraction of sp³-hybridized carbons (Fsp3) is 0.364. The minimum Gasteiger partial charge on any atom is -0.479 e. The first-order valence-electron chi connectivity index (χ1n) is 5.10. The number of carboxylic acid groups (broad SMARTS) is 1. The van der Waals surface area contributed by atoms with Crippen LogP contribution >= 0.6 is 0 Å². The Morgan fingerprint density at radius 1 is 1.59 bits per heavy atom. The number of nitrogens with zero attached hydrogens (tertiary/aromatic N) is 1. The predicted molar refractivity (Wildman–Crippen MR) is 60.2 cm³/mol. The minimum absolute atomic E-state index is 0.0433. The third kappa shape index (κ3) is 3.17. The zero-order valence-corrected chi connectivity index (χ0v) is 9.54. The average Bonchev–Trinajstić information content (AvgIpc) is 2.26. The second-order valence-electron chi connectivity index (χ2n) is 3.56. The number of hydrogen-bond acceptors (Lipinski definition) is 4. The molecule has 1 N–H and O–H groups in total. The van der Waals surface area contributed by atoms with E-state index in [0.717, 1.165) is 0 Å². The van der Waals surface area contributed by atoms with E-state index in [-0.39, 0.29) is 5.69 Å². The van der Waals surface area contributed by atoms with E-state index in [1.165, 1.54) is 18.2 Å². The van der Waals surface area contributed by atoms with Crippen LogP contribution in [0.3, 0.4) is 0 Å². The van der Waals surface area contributed by atoms with Crippen molar-refractivity contribution in [1.29, 1.82) is 0 Å². The molecule has 0 aromatic heterocycles. The SMILES string of the molecule is CCC(Oc1ccc([N+](=O)[O-])cc1C)C(=O)O. The summed E-state index contributed by atoms with van der Waals surface area (Å²) in [7, 11) is 0. The van der Waals surface area contributed by atoms with Crippen LogP contribution in [0.5, 0.6) is 5.75 Å². The Bertz CT molecular complexity index is 443. The Balaban J connectivity index is 2.93. The molecule has 6 nitrogen and oxygen atoms in total. The van der Waals surface area contributed by atoms with Gasteiger partial charge in [0.15, 0.2) is 6.10 Å². The van der Waals surface area contributed by atoms with Crippen LogP contribution in [0.4, 0.5) is 5.69 Å². The van der Waals surface area contributed by atoms with Gasteiger partial charge in [-0.15, -0.1) is 0 Å². The first-order valence-corrected chi connectivity index (χ1v) is 5.10. The molecular formula is C11H13NO5. The summed E-state index contributed by atoms with van der Waals surface area (Å²) in [5.74, 6) is -0.699. The van der Waals surface area contributed by atoms with Crippen molar-refractivity contribution >= 4 is 11.7 Å². The molecule has 0 heterocycles. The lowest BCUT2D eigenvalue weighted by atomic mass is 10.2. The Morgan fingerprint density at radius 3 is 2.65 bits per heavy atom. The molecule has 0 fully saturated rings. The maximum Gasteiger partial charge on any atom is 0.344 e. The van der Waals surface area contributed by atoms with Gasteiger partial charge >= 0.3 is 5.97 Å². The molecule has 0 saturated carbocycles. The molecule has 1 aromatic carbocycles. The Hall–Kier alpha value is -2.11. The van der Waals surface area contributed by atoms with Crippen molar-refractivity contribution in [3.8, 4) is 5.75 Å². The molecule has 0 amide bonds. The number of rotatable bonds is 5. The van der Waals surface area contributed by atoms with Crippen LogP contribution in [0.25, 0.3) is 0 Å². The Morgan fingerprint density at radius 2 is 2.24 bits per heavy atom. The van der Waals surface area contributed by atoms with Crippen molar-refractivity contribution in [2.75, 3.05) is 0 Å². The number of aryl methyl sites for hydroxylation is 1. The number of carboxylic acids is 1. The van der Waals surface area contributed by atoms with Crippen LogP contribution < -0.4 is 4.74 Å². The molecule has 0 aliphatic carbocycles. The van der Waals surface area contributed by atoms with E-state index in [9.17, 15) is 14.9 Å². The Kier molecular flexibility index (Phi) is 4.03. The van der Waals surface area contributed by atoms with E-state index >= 15 is 0 Å². The van der Waals surface area contributed by atoms with E-state index in [0.29, 0.717) is 17.7 Å². The molecule has 1 rings (SSSR count). The van der Waals surface area contributed by atoms with E-state index in [1.54, 1.807) is 13.8 Å². The van der Waals surface area contributed by atoms with Gasteiger partial charge in [-0.25, -0.2) is 4.79 Å². The monoisotopic (exact) mass is 239 g/mol. The second kappa shape index (κ2) is 5.29. The van der Waals surface area contributed by atoms with Crippen LogP contribution in [-0.2, 0) is 4.79 Å². The molecule has 1 aromatic rings. The van der Waals surface area contributed by atoms with E-state index in [1.807, 2.05) is 0 Å². The molecule has 0 aliphatic heterocycles. The van der Waals surface area contributed by atoms with Crippen LogP contribution in [0.15, 0.2) is 18.2 Å². The number of non-ortho nitro benzene ring substituents is 1. The highest BCUT2D eigenvalue weighted by Gasteiger charge is 2.18. The molecule has 17 heavy (non-hydrogen) atoms. The van der Waals surface area contributed by atoms with Gasteiger partial charge in [-0.1, -0.05) is 6.92 Å². The number of aliphatic carboxylic acids is 1. The Labute approximate surface area is 98.0 Å². The van der Waals surface area contributed by atoms with Crippen LogP contribution in [0.1, 0.15) is 18.9 Å². The summed E-state index contributed by atoms with van der Waals surface area (Å²) in [5.41, 5.74) is 0.497. The van der Waals surface area contributed by atoms with Gasteiger partial charge in [0.25, 0.3) is 5.69 Å². The zero-order chi connectivity index (χ0) is 13.0. The maximum atomic E-state index is 10.8. The van der Waals surface area contributed by atoms with Gasteiger partial charge in [0.2, 0.25) is 0 Å². The van der Waals surface area contributed by atoms with Gasteiger partial charge in [0, 0.05) is 12.1 Å². The van der Waals surface area contributed by atoms with Gasteiger partial charge in [0.1, 0.15) is 5.75 Å². The third-order valence-electron chi connectivity index (χ3n) is 2.28. The molecule has 92 valence electrons. The lowest BCUT2D eigenvalue weighted by molar-refractivity contribution is -0.384. The number of benzene rings is 1. The van der Waals surface area contributed by atoms with Gasteiger partial charge in [-0.2, -0.15) is 0 Å². The molecule has 6 heteroatoms.